The molecular weight excluding hydrogens is 391 g/mol. The van der Waals surface area contributed by atoms with Crippen LogP contribution < -0.4 is 0 Å². The zero-order chi connectivity index (χ0) is 12.7. The Hall–Kier alpha value is 0.130. The Balaban J connectivity index is 2.43. The van der Waals surface area contributed by atoms with E-state index < -0.39 is 0 Å². The molecule has 1 rings (SSSR count). The SMILES string of the molecule is C=CCCCCCC(O)c1cc(I)ccc1Br. The molecule has 17 heavy (non-hydrogen) atoms. The second kappa shape index (κ2) is 8.27. The molecule has 1 aromatic carbocycles. The van der Waals surface area contributed by atoms with Gasteiger partial charge in [0.15, 0.2) is 0 Å². The number of benzene rings is 1. The van der Waals surface area contributed by atoms with Gasteiger partial charge in [-0.25, -0.2) is 0 Å². The highest BCUT2D eigenvalue weighted by atomic mass is 127. The summed E-state index contributed by atoms with van der Waals surface area (Å²) in [4.78, 5) is 0. The molecule has 1 unspecified atom stereocenters. The summed E-state index contributed by atoms with van der Waals surface area (Å²) in [5, 5.41) is 10.1. The average Bonchev–Trinajstić information content (AvgIpc) is 2.32. The maximum absolute atomic E-state index is 10.1. The van der Waals surface area contributed by atoms with Crippen molar-refractivity contribution in [2.45, 2.75) is 38.2 Å². The van der Waals surface area contributed by atoms with Crippen LogP contribution in [0.2, 0.25) is 0 Å². The van der Waals surface area contributed by atoms with Crippen LogP contribution in [0.5, 0.6) is 0 Å². The van der Waals surface area contributed by atoms with Gasteiger partial charge in [-0.3, -0.25) is 0 Å². The molecule has 0 saturated carbocycles. The second-order valence-electron chi connectivity index (χ2n) is 4.11. The summed E-state index contributed by atoms with van der Waals surface area (Å²) in [6.07, 6.45) is 6.88. The molecule has 0 aliphatic carbocycles. The number of rotatable bonds is 7. The van der Waals surface area contributed by atoms with Gasteiger partial charge in [0.1, 0.15) is 0 Å². The Morgan fingerprint density at radius 1 is 1.35 bits per heavy atom. The summed E-state index contributed by atoms with van der Waals surface area (Å²) in [6, 6.07) is 6.07. The van der Waals surface area contributed by atoms with Crippen molar-refractivity contribution in [3.8, 4) is 0 Å². The number of aliphatic hydroxyl groups excluding tert-OH is 1. The Kier molecular flexibility index (Phi) is 7.39. The predicted octanol–water partition coefficient (Wildman–Crippen LogP) is 5.22. The second-order valence-corrected chi connectivity index (χ2v) is 6.21. The molecule has 1 N–H and O–H groups in total. The van der Waals surface area contributed by atoms with Crippen LogP contribution in [0.1, 0.15) is 43.8 Å². The van der Waals surface area contributed by atoms with Gasteiger partial charge in [-0.1, -0.05) is 34.8 Å². The molecule has 1 nitrogen and oxygen atoms in total. The van der Waals surface area contributed by atoms with E-state index in [4.69, 9.17) is 0 Å². The quantitative estimate of drug-likeness (QED) is 0.372. The molecule has 0 aromatic heterocycles. The lowest BCUT2D eigenvalue weighted by atomic mass is 10.0. The first-order valence-electron chi connectivity index (χ1n) is 5.89. The summed E-state index contributed by atoms with van der Waals surface area (Å²) in [5.41, 5.74) is 1.00. The molecule has 0 spiro atoms. The maximum Gasteiger partial charge on any atom is 0.0801 e. The Morgan fingerprint density at radius 3 is 2.82 bits per heavy atom. The minimum Gasteiger partial charge on any atom is -0.388 e. The molecule has 1 atom stereocenters. The molecule has 0 heterocycles. The fourth-order valence-corrected chi connectivity index (χ4v) is 2.75. The van der Waals surface area contributed by atoms with Gasteiger partial charge >= 0.3 is 0 Å². The molecule has 0 amide bonds. The van der Waals surface area contributed by atoms with Crippen LogP contribution in [-0.4, -0.2) is 5.11 Å². The monoisotopic (exact) mass is 408 g/mol. The maximum atomic E-state index is 10.1. The van der Waals surface area contributed by atoms with Crippen molar-refractivity contribution < 1.29 is 5.11 Å². The average molecular weight is 409 g/mol. The van der Waals surface area contributed by atoms with Gasteiger partial charge < -0.3 is 5.11 Å². The van der Waals surface area contributed by atoms with Crippen LogP contribution in [0.15, 0.2) is 35.3 Å². The Bertz CT molecular complexity index is 365. The third-order valence-electron chi connectivity index (χ3n) is 2.70. The van der Waals surface area contributed by atoms with Crippen LogP contribution in [-0.2, 0) is 0 Å². The highest BCUT2D eigenvalue weighted by Crippen LogP contribution is 2.28. The first-order chi connectivity index (χ1) is 8.15. The molecule has 0 saturated heterocycles. The van der Waals surface area contributed by atoms with E-state index >= 15 is 0 Å². The lowest BCUT2D eigenvalue weighted by molar-refractivity contribution is 0.162. The van der Waals surface area contributed by atoms with E-state index in [2.05, 4.69) is 45.1 Å². The highest BCUT2D eigenvalue weighted by Gasteiger charge is 2.11. The molecule has 0 aliphatic heterocycles. The van der Waals surface area contributed by atoms with E-state index in [1.165, 1.54) is 6.42 Å². The van der Waals surface area contributed by atoms with Gasteiger partial charge in [0, 0.05) is 8.04 Å². The van der Waals surface area contributed by atoms with Crippen molar-refractivity contribution in [1.82, 2.24) is 0 Å². The van der Waals surface area contributed by atoms with E-state index in [0.717, 1.165) is 39.3 Å². The van der Waals surface area contributed by atoms with E-state index in [0.29, 0.717) is 0 Å². The van der Waals surface area contributed by atoms with Crippen LogP contribution in [0.4, 0.5) is 0 Å². The smallest absolute Gasteiger partial charge is 0.0801 e. The van der Waals surface area contributed by atoms with Crippen molar-refractivity contribution in [2.24, 2.45) is 0 Å². The Morgan fingerprint density at radius 2 is 2.12 bits per heavy atom. The molecule has 94 valence electrons. The van der Waals surface area contributed by atoms with E-state index in [1.54, 1.807) is 0 Å². The first-order valence-corrected chi connectivity index (χ1v) is 7.76. The number of aliphatic hydroxyl groups is 1. The van der Waals surface area contributed by atoms with Gasteiger partial charge in [-0.2, -0.15) is 0 Å². The van der Waals surface area contributed by atoms with Crippen molar-refractivity contribution in [3.05, 3.63) is 44.5 Å². The van der Waals surface area contributed by atoms with Crippen molar-refractivity contribution in [3.63, 3.8) is 0 Å². The van der Waals surface area contributed by atoms with Crippen molar-refractivity contribution in [1.29, 1.82) is 0 Å². The Labute approximate surface area is 126 Å². The number of halogens is 2. The zero-order valence-electron chi connectivity index (χ0n) is 9.83. The van der Waals surface area contributed by atoms with E-state index in [9.17, 15) is 5.11 Å². The van der Waals surface area contributed by atoms with Crippen LogP contribution >= 0.6 is 38.5 Å². The fraction of sp³-hybridized carbons (Fsp3) is 0.429. The van der Waals surface area contributed by atoms with Gasteiger partial charge in [-0.05, 0) is 65.6 Å². The van der Waals surface area contributed by atoms with E-state index in [-0.39, 0.29) is 6.10 Å². The summed E-state index contributed by atoms with van der Waals surface area (Å²) < 4.78 is 2.16. The molecule has 0 aliphatic rings. The first kappa shape index (κ1) is 15.2. The number of hydrogen-bond acceptors (Lipinski definition) is 1. The summed E-state index contributed by atoms with van der Waals surface area (Å²) >= 11 is 5.76. The van der Waals surface area contributed by atoms with Gasteiger partial charge in [-0.15, -0.1) is 6.58 Å². The molecule has 0 radical (unpaired) electrons. The normalized spacial score (nSPS) is 12.4. The zero-order valence-corrected chi connectivity index (χ0v) is 13.6. The van der Waals surface area contributed by atoms with E-state index in [1.807, 2.05) is 24.3 Å². The minimum atomic E-state index is -0.358. The van der Waals surface area contributed by atoms with Crippen molar-refractivity contribution in [2.75, 3.05) is 0 Å². The van der Waals surface area contributed by atoms with Gasteiger partial charge in [0.2, 0.25) is 0 Å². The lowest BCUT2D eigenvalue weighted by Gasteiger charge is -2.13. The van der Waals surface area contributed by atoms with Crippen LogP contribution in [0.3, 0.4) is 0 Å². The predicted molar refractivity (Wildman–Crippen MR) is 85.1 cm³/mol. The number of hydrogen-bond donors (Lipinski definition) is 1. The molecule has 1 aromatic rings. The fourth-order valence-electron chi connectivity index (χ4n) is 1.73. The lowest BCUT2D eigenvalue weighted by Crippen LogP contribution is -1.99. The number of allylic oxidation sites excluding steroid dienone is 1. The highest BCUT2D eigenvalue weighted by molar-refractivity contribution is 14.1. The summed E-state index contributed by atoms with van der Waals surface area (Å²) in [5.74, 6) is 0. The summed E-state index contributed by atoms with van der Waals surface area (Å²) in [7, 11) is 0. The molecule has 3 heteroatoms. The standard InChI is InChI=1S/C14H18BrIO/c1-2-3-4-5-6-7-14(17)12-10-11(16)8-9-13(12)15/h2,8-10,14,17H,1,3-7H2. The topological polar surface area (TPSA) is 20.2 Å². The minimum absolute atomic E-state index is 0.358. The van der Waals surface area contributed by atoms with Crippen LogP contribution in [0.25, 0.3) is 0 Å². The molecule has 0 fully saturated rings. The molecule has 0 bridgehead atoms. The van der Waals surface area contributed by atoms with Gasteiger partial charge in [0.05, 0.1) is 6.10 Å². The van der Waals surface area contributed by atoms with Crippen LogP contribution in [0, 0.1) is 3.57 Å². The third-order valence-corrected chi connectivity index (χ3v) is 4.10. The third kappa shape index (κ3) is 5.53. The summed E-state index contributed by atoms with van der Waals surface area (Å²) in [6.45, 7) is 3.71. The van der Waals surface area contributed by atoms with Crippen molar-refractivity contribution >= 4 is 38.5 Å². The largest absolute Gasteiger partial charge is 0.388 e. The number of unbranched alkanes of at least 4 members (excludes halogenated alkanes) is 3. The molecular formula is C14H18BrIO. The van der Waals surface area contributed by atoms with Gasteiger partial charge in [0.25, 0.3) is 0 Å².